The van der Waals surface area contributed by atoms with Gasteiger partial charge < -0.3 is 4.74 Å². The lowest BCUT2D eigenvalue weighted by molar-refractivity contribution is 0.290. The van der Waals surface area contributed by atoms with E-state index in [2.05, 4.69) is 18.0 Å². The Balaban J connectivity index is 1.84. The van der Waals surface area contributed by atoms with Crippen molar-refractivity contribution in [3.63, 3.8) is 0 Å². The molecule has 2 aromatic rings. The molecule has 0 N–H and O–H groups in total. The van der Waals surface area contributed by atoms with Crippen molar-refractivity contribution in [2.75, 3.05) is 0 Å². The number of aryl methyl sites for hydroxylation is 1. The Morgan fingerprint density at radius 2 is 2.14 bits per heavy atom. The quantitative estimate of drug-likeness (QED) is 0.860. The van der Waals surface area contributed by atoms with E-state index in [1.807, 2.05) is 36.4 Å². The molecule has 0 aliphatic heterocycles. The van der Waals surface area contributed by atoms with Crippen LogP contribution in [0.4, 0.5) is 0 Å². The van der Waals surface area contributed by atoms with Crippen LogP contribution < -0.4 is 4.74 Å². The zero-order chi connectivity index (χ0) is 14.7. The van der Waals surface area contributed by atoms with Crippen LogP contribution in [0.15, 0.2) is 36.4 Å². The first-order valence-corrected chi connectivity index (χ1v) is 7.36. The lowest BCUT2D eigenvalue weighted by Crippen LogP contribution is -2.14. The van der Waals surface area contributed by atoms with Crippen molar-refractivity contribution >= 4 is 0 Å². The monoisotopic (exact) mass is 278 g/mol. The Hall–Kier alpha value is -2.34. The smallest absolute Gasteiger partial charge is 0.232 e. The summed E-state index contributed by atoms with van der Waals surface area (Å²) in [5.41, 5.74) is 3.92. The molecule has 0 radical (unpaired) electrons. The number of ether oxygens (including phenoxy) is 1. The van der Waals surface area contributed by atoms with E-state index in [0.717, 1.165) is 24.1 Å². The van der Waals surface area contributed by atoms with E-state index < -0.39 is 0 Å². The molecule has 0 fully saturated rings. The molecule has 1 aromatic carbocycles. The van der Waals surface area contributed by atoms with E-state index >= 15 is 0 Å². The zero-order valence-electron chi connectivity index (χ0n) is 12.2. The van der Waals surface area contributed by atoms with Crippen molar-refractivity contribution in [1.29, 1.82) is 5.26 Å². The second-order valence-electron chi connectivity index (χ2n) is 5.68. The number of rotatable bonds is 3. The highest BCUT2D eigenvalue weighted by Crippen LogP contribution is 2.28. The van der Waals surface area contributed by atoms with Gasteiger partial charge in [0.05, 0.1) is 0 Å². The van der Waals surface area contributed by atoms with Crippen LogP contribution in [-0.4, -0.2) is 4.98 Å². The third kappa shape index (κ3) is 3.05. The van der Waals surface area contributed by atoms with Crippen LogP contribution in [0.3, 0.4) is 0 Å². The Bertz CT molecular complexity index is 674. The van der Waals surface area contributed by atoms with Gasteiger partial charge in [-0.3, -0.25) is 0 Å². The number of fused-ring (bicyclic) bond motifs is 1. The number of hydrogen-bond acceptors (Lipinski definition) is 3. The summed E-state index contributed by atoms with van der Waals surface area (Å²) in [5, 5.41) is 9.30. The first-order valence-electron chi connectivity index (χ1n) is 7.36. The Morgan fingerprint density at radius 3 is 2.90 bits per heavy atom. The summed E-state index contributed by atoms with van der Waals surface area (Å²) in [6, 6.07) is 14.1. The molecule has 0 saturated carbocycles. The average molecular weight is 278 g/mol. The largest absolute Gasteiger partial charge is 0.472 e. The molecule has 0 saturated heterocycles. The fourth-order valence-corrected chi connectivity index (χ4v) is 2.72. The van der Waals surface area contributed by atoms with Gasteiger partial charge in [-0.15, -0.1) is 0 Å². The molecule has 0 amide bonds. The minimum Gasteiger partial charge on any atom is -0.472 e. The van der Waals surface area contributed by atoms with Crippen molar-refractivity contribution in [2.24, 2.45) is 5.92 Å². The summed E-state index contributed by atoms with van der Waals surface area (Å²) in [6.45, 7) is 2.68. The van der Waals surface area contributed by atoms with E-state index in [4.69, 9.17) is 4.74 Å². The van der Waals surface area contributed by atoms with Gasteiger partial charge in [-0.05, 0) is 42.4 Å². The maximum atomic E-state index is 9.30. The highest BCUT2D eigenvalue weighted by atomic mass is 16.5. The van der Waals surface area contributed by atoms with Crippen LogP contribution in [-0.2, 0) is 19.4 Å². The van der Waals surface area contributed by atoms with Crippen LogP contribution in [0, 0.1) is 17.2 Å². The Morgan fingerprint density at radius 1 is 1.33 bits per heavy atom. The van der Waals surface area contributed by atoms with E-state index in [1.165, 1.54) is 12.0 Å². The number of hydrogen-bond donors (Lipinski definition) is 0. The summed E-state index contributed by atoms with van der Waals surface area (Å²) < 4.78 is 5.78. The van der Waals surface area contributed by atoms with E-state index in [0.29, 0.717) is 24.0 Å². The molecular weight excluding hydrogens is 260 g/mol. The SMILES string of the molecule is CC1CCc2cc(C#N)c(OCc3ccccc3)nc2C1. The van der Waals surface area contributed by atoms with Crippen molar-refractivity contribution in [3.05, 3.63) is 58.8 Å². The van der Waals surface area contributed by atoms with Gasteiger partial charge in [-0.1, -0.05) is 37.3 Å². The molecule has 1 heterocycles. The lowest BCUT2D eigenvalue weighted by atomic mass is 9.88. The van der Waals surface area contributed by atoms with Gasteiger partial charge in [0.15, 0.2) is 0 Å². The van der Waals surface area contributed by atoms with Gasteiger partial charge in [0.1, 0.15) is 18.2 Å². The summed E-state index contributed by atoms with van der Waals surface area (Å²) in [4.78, 5) is 4.60. The Labute approximate surface area is 125 Å². The maximum Gasteiger partial charge on any atom is 0.232 e. The zero-order valence-corrected chi connectivity index (χ0v) is 12.2. The standard InChI is InChI=1S/C18H18N2O/c1-13-7-8-15-10-16(11-19)18(20-17(15)9-13)21-12-14-5-3-2-4-6-14/h2-6,10,13H,7-9,12H2,1H3. The van der Waals surface area contributed by atoms with E-state index in [-0.39, 0.29) is 0 Å². The molecule has 1 unspecified atom stereocenters. The molecule has 3 rings (SSSR count). The topological polar surface area (TPSA) is 45.9 Å². The van der Waals surface area contributed by atoms with Gasteiger partial charge >= 0.3 is 0 Å². The van der Waals surface area contributed by atoms with Gasteiger partial charge in [0.25, 0.3) is 0 Å². The number of pyridine rings is 1. The maximum absolute atomic E-state index is 9.30. The van der Waals surface area contributed by atoms with Gasteiger partial charge in [-0.25, -0.2) is 4.98 Å². The molecule has 106 valence electrons. The third-order valence-electron chi connectivity index (χ3n) is 3.94. The first-order chi connectivity index (χ1) is 10.3. The van der Waals surface area contributed by atoms with Crippen LogP contribution in [0.2, 0.25) is 0 Å². The van der Waals surface area contributed by atoms with Crippen molar-refractivity contribution in [1.82, 2.24) is 4.98 Å². The van der Waals surface area contributed by atoms with Crippen LogP contribution in [0.5, 0.6) is 5.88 Å². The summed E-state index contributed by atoms with van der Waals surface area (Å²) in [7, 11) is 0. The van der Waals surface area contributed by atoms with Crippen molar-refractivity contribution in [2.45, 2.75) is 32.8 Å². The lowest BCUT2D eigenvalue weighted by Gasteiger charge is -2.21. The van der Waals surface area contributed by atoms with Gasteiger partial charge in [-0.2, -0.15) is 5.26 Å². The fourth-order valence-electron chi connectivity index (χ4n) is 2.72. The predicted molar refractivity (Wildman–Crippen MR) is 80.9 cm³/mol. The number of aromatic nitrogens is 1. The van der Waals surface area contributed by atoms with Crippen LogP contribution in [0.1, 0.15) is 35.7 Å². The van der Waals surface area contributed by atoms with Crippen LogP contribution in [0.25, 0.3) is 0 Å². The highest BCUT2D eigenvalue weighted by molar-refractivity contribution is 5.43. The predicted octanol–water partition coefficient (Wildman–Crippen LogP) is 3.66. The third-order valence-corrected chi connectivity index (χ3v) is 3.94. The number of nitrogens with zero attached hydrogens (tertiary/aromatic N) is 2. The molecular formula is C18H18N2O. The minimum absolute atomic E-state index is 0.441. The van der Waals surface area contributed by atoms with Gasteiger partial charge in [0, 0.05) is 5.69 Å². The van der Waals surface area contributed by atoms with Crippen molar-refractivity contribution < 1.29 is 4.74 Å². The minimum atomic E-state index is 0.441. The van der Waals surface area contributed by atoms with E-state index in [9.17, 15) is 5.26 Å². The average Bonchev–Trinajstić information content (AvgIpc) is 2.53. The van der Waals surface area contributed by atoms with Gasteiger partial charge in [0.2, 0.25) is 5.88 Å². The molecule has 1 aromatic heterocycles. The highest BCUT2D eigenvalue weighted by Gasteiger charge is 2.19. The summed E-state index contributed by atoms with van der Waals surface area (Å²) in [6.07, 6.45) is 3.16. The molecule has 3 nitrogen and oxygen atoms in total. The molecule has 1 atom stereocenters. The molecule has 21 heavy (non-hydrogen) atoms. The molecule has 3 heteroatoms. The molecule has 0 spiro atoms. The normalized spacial score (nSPS) is 16.9. The van der Waals surface area contributed by atoms with Crippen LogP contribution >= 0.6 is 0 Å². The molecule has 0 bridgehead atoms. The Kier molecular flexibility index (Phi) is 3.87. The fraction of sp³-hybridized carbons (Fsp3) is 0.333. The second kappa shape index (κ2) is 5.97. The number of benzene rings is 1. The molecule has 1 aliphatic rings. The van der Waals surface area contributed by atoms with E-state index in [1.54, 1.807) is 0 Å². The summed E-state index contributed by atoms with van der Waals surface area (Å²) in [5.74, 6) is 1.12. The first kappa shape index (κ1) is 13.6. The summed E-state index contributed by atoms with van der Waals surface area (Å²) >= 11 is 0. The second-order valence-corrected chi connectivity index (χ2v) is 5.68. The van der Waals surface area contributed by atoms with Crippen molar-refractivity contribution in [3.8, 4) is 11.9 Å². The number of nitriles is 1. The molecule has 1 aliphatic carbocycles.